The fourth-order valence-corrected chi connectivity index (χ4v) is 2.15. The summed E-state index contributed by atoms with van der Waals surface area (Å²) < 4.78 is 9.06. The number of fused-ring (bicyclic) bond motifs is 1. The standard InChI is InChI=1S/C14H13NO6/c1-20-11(16)7-10(14(19)21-2)15-12(17)8-5-3-4-6-9(8)13(15)18/h3-6,10H,7H2,1-2H3. The minimum Gasteiger partial charge on any atom is -0.469 e. The third kappa shape index (κ3) is 2.49. The topological polar surface area (TPSA) is 90.0 Å². The van der Waals surface area contributed by atoms with Gasteiger partial charge in [0.2, 0.25) is 0 Å². The second kappa shape index (κ2) is 5.74. The Morgan fingerprint density at radius 2 is 1.57 bits per heavy atom. The molecule has 7 nitrogen and oxygen atoms in total. The lowest BCUT2D eigenvalue weighted by Crippen LogP contribution is -2.46. The molecule has 7 heteroatoms. The number of carbonyl (C=O) groups is 4. The smallest absolute Gasteiger partial charge is 0.329 e. The van der Waals surface area contributed by atoms with E-state index < -0.39 is 36.2 Å². The van der Waals surface area contributed by atoms with Crippen LogP contribution in [-0.4, -0.2) is 48.9 Å². The predicted molar refractivity (Wildman–Crippen MR) is 69.4 cm³/mol. The Morgan fingerprint density at radius 3 is 2.00 bits per heavy atom. The number of rotatable bonds is 4. The average molecular weight is 291 g/mol. The van der Waals surface area contributed by atoms with E-state index in [9.17, 15) is 19.2 Å². The Bertz CT molecular complexity index is 589. The fraction of sp³-hybridized carbons (Fsp3) is 0.286. The van der Waals surface area contributed by atoms with Gasteiger partial charge in [0.1, 0.15) is 6.04 Å². The van der Waals surface area contributed by atoms with Crippen molar-refractivity contribution in [1.29, 1.82) is 0 Å². The molecule has 0 bridgehead atoms. The van der Waals surface area contributed by atoms with Gasteiger partial charge < -0.3 is 9.47 Å². The van der Waals surface area contributed by atoms with E-state index in [-0.39, 0.29) is 11.1 Å². The lowest BCUT2D eigenvalue weighted by Gasteiger charge is -2.22. The quantitative estimate of drug-likeness (QED) is 0.588. The first-order chi connectivity index (χ1) is 10.0. The number of nitrogens with zero attached hydrogens (tertiary/aromatic N) is 1. The van der Waals surface area contributed by atoms with Crippen molar-refractivity contribution < 1.29 is 28.7 Å². The number of carbonyl (C=O) groups excluding carboxylic acids is 4. The van der Waals surface area contributed by atoms with E-state index >= 15 is 0 Å². The van der Waals surface area contributed by atoms with Gasteiger partial charge >= 0.3 is 11.9 Å². The zero-order valence-electron chi connectivity index (χ0n) is 11.5. The molecule has 1 aliphatic heterocycles. The van der Waals surface area contributed by atoms with Crippen molar-refractivity contribution in [3.63, 3.8) is 0 Å². The summed E-state index contributed by atoms with van der Waals surface area (Å²) in [7, 11) is 2.27. The largest absolute Gasteiger partial charge is 0.469 e. The van der Waals surface area contributed by atoms with Crippen LogP contribution in [0.25, 0.3) is 0 Å². The number of hydrogen-bond donors (Lipinski definition) is 0. The molecule has 0 saturated heterocycles. The van der Waals surface area contributed by atoms with Gasteiger partial charge in [-0.2, -0.15) is 0 Å². The van der Waals surface area contributed by atoms with Gasteiger partial charge in [-0.1, -0.05) is 12.1 Å². The van der Waals surface area contributed by atoms with Gasteiger partial charge in [0.25, 0.3) is 11.8 Å². The van der Waals surface area contributed by atoms with Crippen molar-refractivity contribution in [2.45, 2.75) is 12.5 Å². The Balaban J connectivity index is 2.38. The van der Waals surface area contributed by atoms with Gasteiger partial charge in [0, 0.05) is 0 Å². The normalized spacial score (nSPS) is 14.7. The summed E-state index contributed by atoms with van der Waals surface area (Å²) in [6.45, 7) is 0. The van der Waals surface area contributed by atoms with E-state index in [2.05, 4.69) is 9.47 Å². The van der Waals surface area contributed by atoms with Gasteiger partial charge in [-0.3, -0.25) is 19.3 Å². The van der Waals surface area contributed by atoms with Crippen molar-refractivity contribution in [2.24, 2.45) is 0 Å². The maximum Gasteiger partial charge on any atom is 0.329 e. The van der Waals surface area contributed by atoms with Crippen molar-refractivity contribution in [2.75, 3.05) is 14.2 Å². The van der Waals surface area contributed by atoms with Crippen molar-refractivity contribution in [1.82, 2.24) is 4.90 Å². The summed E-state index contributed by atoms with van der Waals surface area (Å²) in [6, 6.07) is 4.86. The first kappa shape index (κ1) is 14.7. The minimum atomic E-state index is -1.34. The summed E-state index contributed by atoms with van der Waals surface area (Å²) in [5, 5.41) is 0. The molecule has 0 aromatic heterocycles. The molecule has 1 aromatic carbocycles. The van der Waals surface area contributed by atoms with Gasteiger partial charge in [0.05, 0.1) is 31.8 Å². The van der Waals surface area contributed by atoms with Crippen molar-refractivity contribution in [3.05, 3.63) is 35.4 Å². The van der Waals surface area contributed by atoms with Crippen LogP contribution in [0, 0.1) is 0 Å². The highest BCUT2D eigenvalue weighted by atomic mass is 16.5. The zero-order chi connectivity index (χ0) is 15.6. The molecule has 0 radical (unpaired) electrons. The second-order valence-electron chi connectivity index (χ2n) is 4.35. The van der Waals surface area contributed by atoms with Crippen LogP contribution < -0.4 is 0 Å². The van der Waals surface area contributed by atoms with E-state index in [0.717, 1.165) is 19.1 Å². The molecule has 2 amide bonds. The maximum absolute atomic E-state index is 12.3. The Kier molecular flexibility index (Phi) is 4.02. The SMILES string of the molecule is COC(=O)CC(C(=O)OC)N1C(=O)c2ccccc2C1=O. The van der Waals surface area contributed by atoms with Crippen LogP contribution in [0.3, 0.4) is 0 Å². The maximum atomic E-state index is 12.3. The molecular weight excluding hydrogens is 278 g/mol. The number of esters is 2. The molecule has 110 valence electrons. The minimum absolute atomic E-state index is 0.196. The fourth-order valence-electron chi connectivity index (χ4n) is 2.15. The number of benzene rings is 1. The first-order valence-electron chi connectivity index (χ1n) is 6.12. The van der Waals surface area contributed by atoms with E-state index in [1.54, 1.807) is 12.1 Å². The van der Waals surface area contributed by atoms with Gasteiger partial charge in [-0.15, -0.1) is 0 Å². The van der Waals surface area contributed by atoms with E-state index in [1.165, 1.54) is 12.1 Å². The summed E-state index contributed by atoms with van der Waals surface area (Å²) in [6.07, 6.45) is -0.450. The molecule has 21 heavy (non-hydrogen) atoms. The Morgan fingerprint density at radius 1 is 1.05 bits per heavy atom. The first-order valence-corrected chi connectivity index (χ1v) is 6.12. The molecule has 0 N–H and O–H groups in total. The molecule has 2 rings (SSSR count). The third-order valence-corrected chi connectivity index (χ3v) is 3.20. The molecule has 0 aliphatic carbocycles. The van der Waals surface area contributed by atoms with Gasteiger partial charge in [0.15, 0.2) is 0 Å². The highest BCUT2D eigenvalue weighted by molar-refractivity contribution is 6.22. The highest BCUT2D eigenvalue weighted by Crippen LogP contribution is 2.26. The third-order valence-electron chi connectivity index (χ3n) is 3.20. The summed E-state index contributed by atoms with van der Waals surface area (Å²) >= 11 is 0. The van der Waals surface area contributed by atoms with Crippen LogP contribution >= 0.6 is 0 Å². The molecule has 1 aliphatic rings. The molecule has 0 fully saturated rings. The number of ether oxygens (including phenoxy) is 2. The Labute approximate surface area is 120 Å². The van der Waals surface area contributed by atoms with Gasteiger partial charge in [-0.05, 0) is 12.1 Å². The summed E-state index contributed by atoms with van der Waals surface area (Å²) in [4.78, 5) is 48.5. The van der Waals surface area contributed by atoms with Crippen LogP contribution in [0.15, 0.2) is 24.3 Å². The van der Waals surface area contributed by atoms with E-state index in [4.69, 9.17) is 0 Å². The predicted octanol–water partition coefficient (Wildman–Crippen LogP) is 0.387. The highest BCUT2D eigenvalue weighted by Gasteiger charge is 2.44. The molecule has 1 unspecified atom stereocenters. The second-order valence-corrected chi connectivity index (χ2v) is 4.35. The van der Waals surface area contributed by atoms with Crippen LogP contribution in [0.2, 0.25) is 0 Å². The molecule has 1 aromatic rings. The lowest BCUT2D eigenvalue weighted by atomic mass is 10.1. The van der Waals surface area contributed by atoms with Crippen LogP contribution in [-0.2, 0) is 19.1 Å². The summed E-state index contributed by atoms with van der Waals surface area (Å²) in [5.41, 5.74) is 0.391. The van der Waals surface area contributed by atoms with E-state index in [0.29, 0.717) is 0 Å². The van der Waals surface area contributed by atoms with Crippen molar-refractivity contribution in [3.8, 4) is 0 Å². The molecule has 0 saturated carbocycles. The number of imide groups is 1. The van der Waals surface area contributed by atoms with Crippen LogP contribution in [0.5, 0.6) is 0 Å². The monoisotopic (exact) mass is 291 g/mol. The lowest BCUT2D eigenvalue weighted by molar-refractivity contribution is -0.151. The Hall–Kier alpha value is -2.70. The summed E-state index contributed by atoms with van der Waals surface area (Å²) in [5.74, 6) is -2.83. The van der Waals surface area contributed by atoms with Crippen molar-refractivity contribution >= 4 is 23.8 Å². The molecule has 0 spiro atoms. The van der Waals surface area contributed by atoms with Crippen LogP contribution in [0.4, 0.5) is 0 Å². The van der Waals surface area contributed by atoms with Gasteiger partial charge in [-0.25, -0.2) is 4.79 Å². The molecule has 1 atom stereocenters. The zero-order valence-corrected chi connectivity index (χ0v) is 11.5. The average Bonchev–Trinajstić information content (AvgIpc) is 2.76. The van der Waals surface area contributed by atoms with Crippen LogP contribution in [0.1, 0.15) is 27.1 Å². The molecular formula is C14H13NO6. The number of methoxy groups -OCH3 is 2. The number of amides is 2. The number of hydrogen-bond acceptors (Lipinski definition) is 6. The van der Waals surface area contributed by atoms with E-state index in [1.807, 2.05) is 0 Å². The molecule has 1 heterocycles.